The molecular weight excluding hydrogens is 328 g/mol. The number of aliphatic carboxylic acids is 1. The number of carboxylic acid groups (broad SMARTS) is 1. The van der Waals surface area contributed by atoms with Gasteiger partial charge in [0.25, 0.3) is 0 Å². The van der Waals surface area contributed by atoms with Crippen LogP contribution in [0.2, 0.25) is 0 Å². The van der Waals surface area contributed by atoms with Gasteiger partial charge in [0.2, 0.25) is 5.91 Å². The van der Waals surface area contributed by atoms with Gasteiger partial charge in [0, 0.05) is 24.5 Å². The molecule has 2 N–H and O–H groups in total. The van der Waals surface area contributed by atoms with Gasteiger partial charge in [-0.3, -0.25) is 9.59 Å². The van der Waals surface area contributed by atoms with E-state index in [0.29, 0.717) is 19.4 Å². The largest absolute Gasteiger partial charge is 0.481 e. The van der Waals surface area contributed by atoms with Gasteiger partial charge in [0.1, 0.15) is 0 Å². The van der Waals surface area contributed by atoms with Gasteiger partial charge in [0.15, 0.2) is 0 Å². The number of hydrogen-bond donors (Lipinski definition) is 2. The molecule has 136 valence electrons. The Morgan fingerprint density at radius 3 is 2.15 bits per heavy atom. The Morgan fingerprint density at radius 2 is 1.62 bits per heavy atom. The quantitative estimate of drug-likeness (QED) is 0.799. The molecule has 26 heavy (non-hydrogen) atoms. The number of rotatable bonds is 7. The number of carbonyl (C=O) groups excluding carboxylic acids is 1. The van der Waals surface area contributed by atoms with Crippen LogP contribution in [0.1, 0.15) is 25.3 Å². The van der Waals surface area contributed by atoms with E-state index in [-0.39, 0.29) is 11.8 Å². The summed E-state index contributed by atoms with van der Waals surface area (Å²) in [7, 11) is 0. The van der Waals surface area contributed by atoms with E-state index in [2.05, 4.69) is 29.3 Å². The average molecular weight is 352 g/mol. The molecule has 1 saturated carbocycles. The van der Waals surface area contributed by atoms with Crippen molar-refractivity contribution >= 4 is 23.3 Å². The maximum absolute atomic E-state index is 12.1. The number of amides is 1. The molecule has 2 unspecified atom stereocenters. The topological polar surface area (TPSA) is 69.6 Å². The first kappa shape index (κ1) is 18.0. The van der Waals surface area contributed by atoms with Crippen molar-refractivity contribution in [3.63, 3.8) is 0 Å². The predicted octanol–water partition coefficient (Wildman–Crippen LogP) is 3.57. The second kappa shape index (κ2) is 8.04. The molecule has 3 rings (SSSR count). The number of carbonyl (C=O) groups is 2. The fraction of sp³-hybridized carbons (Fsp3) is 0.333. The molecule has 2 aromatic rings. The van der Waals surface area contributed by atoms with Crippen LogP contribution in [0, 0.1) is 11.8 Å². The summed E-state index contributed by atoms with van der Waals surface area (Å²) in [6, 6.07) is 18.3. The molecule has 0 spiro atoms. The van der Waals surface area contributed by atoms with Gasteiger partial charge >= 0.3 is 5.97 Å². The number of nitrogens with zero attached hydrogens (tertiary/aromatic N) is 1. The van der Waals surface area contributed by atoms with E-state index >= 15 is 0 Å². The minimum atomic E-state index is -0.874. The third-order valence-corrected chi connectivity index (χ3v) is 5.03. The van der Waals surface area contributed by atoms with E-state index in [1.807, 2.05) is 42.5 Å². The second-order valence-corrected chi connectivity index (χ2v) is 6.59. The Labute approximate surface area is 153 Å². The van der Waals surface area contributed by atoms with Crippen molar-refractivity contribution in [3.8, 4) is 0 Å². The lowest BCUT2D eigenvalue weighted by atomic mass is 9.73. The van der Waals surface area contributed by atoms with Crippen molar-refractivity contribution < 1.29 is 14.7 Å². The van der Waals surface area contributed by atoms with Gasteiger partial charge in [-0.2, -0.15) is 0 Å². The van der Waals surface area contributed by atoms with Crippen LogP contribution in [0.15, 0.2) is 54.6 Å². The summed E-state index contributed by atoms with van der Waals surface area (Å²) in [6.45, 7) is 3.39. The molecule has 0 saturated heterocycles. The van der Waals surface area contributed by atoms with E-state index < -0.39 is 11.9 Å². The highest BCUT2D eigenvalue weighted by Gasteiger charge is 2.41. The first-order chi connectivity index (χ1) is 12.6. The maximum atomic E-state index is 12.1. The standard InChI is InChI=1S/C21H24N2O3/c1-2-23(16-6-4-3-5-7-16)17-10-8-15(9-11-17)14-22-20(24)18-12-13-19(18)21(25)26/h3-11,18-19H,2,12-14H2,1H3,(H,22,24)(H,25,26). The van der Waals surface area contributed by atoms with Crippen molar-refractivity contribution in [2.24, 2.45) is 11.8 Å². The minimum Gasteiger partial charge on any atom is -0.481 e. The molecule has 2 aromatic carbocycles. The number of nitrogens with one attached hydrogen (secondary N) is 1. The fourth-order valence-corrected chi connectivity index (χ4v) is 3.35. The SMILES string of the molecule is CCN(c1ccccc1)c1ccc(CNC(=O)C2CCC2C(=O)O)cc1. The highest BCUT2D eigenvalue weighted by molar-refractivity contribution is 5.86. The van der Waals surface area contributed by atoms with Gasteiger partial charge in [0.05, 0.1) is 11.8 Å². The highest BCUT2D eigenvalue weighted by atomic mass is 16.4. The number of carboxylic acids is 1. The van der Waals surface area contributed by atoms with Crippen LogP contribution in [0.3, 0.4) is 0 Å². The van der Waals surface area contributed by atoms with Crippen LogP contribution in [0.4, 0.5) is 11.4 Å². The molecule has 0 aliphatic heterocycles. The van der Waals surface area contributed by atoms with Gasteiger partial charge in [-0.15, -0.1) is 0 Å². The molecule has 0 radical (unpaired) electrons. The lowest BCUT2D eigenvalue weighted by Gasteiger charge is -2.31. The summed E-state index contributed by atoms with van der Waals surface area (Å²) >= 11 is 0. The summed E-state index contributed by atoms with van der Waals surface area (Å²) in [5, 5.41) is 11.9. The van der Waals surface area contributed by atoms with Gasteiger partial charge in [-0.1, -0.05) is 30.3 Å². The van der Waals surface area contributed by atoms with Crippen molar-refractivity contribution in [1.82, 2.24) is 5.32 Å². The molecule has 5 nitrogen and oxygen atoms in total. The van der Waals surface area contributed by atoms with Crippen LogP contribution >= 0.6 is 0 Å². The summed E-state index contributed by atoms with van der Waals surface area (Å²) in [5.41, 5.74) is 3.23. The fourth-order valence-electron chi connectivity index (χ4n) is 3.35. The van der Waals surface area contributed by atoms with Crippen molar-refractivity contribution in [1.29, 1.82) is 0 Å². The Morgan fingerprint density at radius 1 is 1.00 bits per heavy atom. The third kappa shape index (κ3) is 3.87. The van der Waals surface area contributed by atoms with Gasteiger partial charge in [-0.25, -0.2) is 0 Å². The minimum absolute atomic E-state index is 0.160. The zero-order chi connectivity index (χ0) is 18.5. The van der Waals surface area contributed by atoms with Crippen molar-refractivity contribution in [3.05, 3.63) is 60.2 Å². The van der Waals surface area contributed by atoms with E-state index in [4.69, 9.17) is 5.11 Å². The monoisotopic (exact) mass is 352 g/mol. The summed E-state index contributed by atoms with van der Waals surface area (Å²) in [4.78, 5) is 25.4. The molecule has 5 heteroatoms. The molecule has 0 aromatic heterocycles. The Balaban J connectivity index is 1.59. The summed E-state index contributed by atoms with van der Waals surface area (Å²) in [5.74, 6) is -1.95. The first-order valence-electron chi connectivity index (χ1n) is 9.02. The van der Waals surface area contributed by atoms with Crippen LogP contribution in [0.5, 0.6) is 0 Å². The van der Waals surface area contributed by atoms with Crippen molar-refractivity contribution in [2.45, 2.75) is 26.3 Å². The molecule has 1 aliphatic carbocycles. The Bertz CT molecular complexity index is 759. The molecule has 0 bridgehead atoms. The van der Waals surface area contributed by atoms with E-state index in [1.54, 1.807) is 0 Å². The van der Waals surface area contributed by atoms with Crippen LogP contribution in [0.25, 0.3) is 0 Å². The lowest BCUT2D eigenvalue weighted by Crippen LogP contribution is -2.43. The predicted molar refractivity (Wildman–Crippen MR) is 101 cm³/mol. The number of hydrogen-bond acceptors (Lipinski definition) is 3. The van der Waals surface area contributed by atoms with Crippen LogP contribution in [-0.4, -0.2) is 23.5 Å². The average Bonchev–Trinajstić information content (AvgIpc) is 2.61. The molecule has 2 atom stereocenters. The Hall–Kier alpha value is -2.82. The van der Waals surface area contributed by atoms with E-state index in [1.165, 1.54) is 0 Å². The number of para-hydroxylation sites is 1. The molecular formula is C21H24N2O3. The zero-order valence-electron chi connectivity index (χ0n) is 14.9. The van der Waals surface area contributed by atoms with Gasteiger partial charge < -0.3 is 15.3 Å². The highest BCUT2D eigenvalue weighted by Crippen LogP contribution is 2.34. The van der Waals surface area contributed by atoms with E-state index in [0.717, 1.165) is 23.5 Å². The molecule has 1 amide bonds. The second-order valence-electron chi connectivity index (χ2n) is 6.59. The summed E-state index contributed by atoms with van der Waals surface area (Å²) < 4.78 is 0. The Kier molecular flexibility index (Phi) is 5.56. The van der Waals surface area contributed by atoms with Crippen LogP contribution in [-0.2, 0) is 16.1 Å². The molecule has 1 aliphatic rings. The lowest BCUT2D eigenvalue weighted by molar-refractivity contribution is -0.152. The molecule has 0 heterocycles. The van der Waals surface area contributed by atoms with E-state index in [9.17, 15) is 9.59 Å². The first-order valence-corrected chi connectivity index (χ1v) is 9.02. The maximum Gasteiger partial charge on any atom is 0.307 e. The number of benzene rings is 2. The zero-order valence-corrected chi connectivity index (χ0v) is 14.9. The van der Waals surface area contributed by atoms with Crippen molar-refractivity contribution in [2.75, 3.05) is 11.4 Å². The molecule has 1 fully saturated rings. The normalized spacial score (nSPS) is 18.7. The number of anilines is 2. The smallest absolute Gasteiger partial charge is 0.307 e. The summed E-state index contributed by atoms with van der Waals surface area (Å²) in [6.07, 6.45) is 1.25. The van der Waals surface area contributed by atoms with Gasteiger partial charge in [-0.05, 0) is 49.6 Å². The van der Waals surface area contributed by atoms with Crippen LogP contribution < -0.4 is 10.2 Å². The third-order valence-electron chi connectivity index (χ3n) is 5.03.